The van der Waals surface area contributed by atoms with Crippen molar-refractivity contribution in [1.82, 2.24) is 10.6 Å². The van der Waals surface area contributed by atoms with E-state index in [4.69, 9.17) is 4.74 Å². The number of carbonyl (C=O) groups is 3. The van der Waals surface area contributed by atoms with E-state index < -0.39 is 18.1 Å². The highest BCUT2D eigenvalue weighted by Gasteiger charge is 2.19. The van der Waals surface area contributed by atoms with Crippen LogP contribution in [0.2, 0.25) is 0 Å². The van der Waals surface area contributed by atoms with Crippen molar-refractivity contribution in [3.63, 3.8) is 0 Å². The third-order valence-electron chi connectivity index (χ3n) is 4.76. The molecule has 0 aliphatic carbocycles. The molecule has 2 amide bonds. The first-order valence-corrected chi connectivity index (χ1v) is 10.5. The molecule has 0 spiro atoms. The van der Waals surface area contributed by atoms with Gasteiger partial charge in [0.05, 0.1) is 0 Å². The Hall–Kier alpha value is -3.35. The van der Waals surface area contributed by atoms with Crippen molar-refractivity contribution < 1.29 is 24.2 Å². The van der Waals surface area contributed by atoms with Gasteiger partial charge in [-0.25, -0.2) is 9.59 Å². The minimum atomic E-state index is -1.03. The second-order valence-electron chi connectivity index (χ2n) is 7.28. The molecule has 0 saturated heterocycles. The fourth-order valence-electron chi connectivity index (χ4n) is 3.03. The van der Waals surface area contributed by atoms with Crippen LogP contribution in [0, 0.1) is 0 Å². The maximum atomic E-state index is 12.1. The monoisotopic (exact) mass is 426 g/mol. The Bertz CT molecular complexity index is 811. The Morgan fingerprint density at radius 2 is 1.52 bits per heavy atom. The Morgan fingerprint density at radius 1 is 0.871 bits per heavy atom. The number of rotatable bonds is 13. The summed E-state index contributed by atoms with van der Waals surface area (Å²) < 4.78 is 5.12. The number of hydrogen-bond donors (Lipinski definition) is 3. The molecule has 0 aliphatic heterocycles. The summed E-state index contributed by atoms with van der Waals surface area (Å²) in [5, 5.41) is 14.6. The van der Waals surface area contributed by atoms with Crippen LogP contribution in [0.4, 0.5) is 4.79 Å². The van der Waals surface area contributed by atoms with E-state index in [0.29, 0.717) is 32.2 Å². The summed E-state index contributed by atoms with van der Waals surface area (Å²) in [4.78, 5) is 35.1. The highest BCUT2D eigenvalue weighted by molar-refractivity contribution is 5.83. The third kappa shape index (κ3) is 10.3. The predicted molar refractivity (Wildman–Crippen MR) is 117 cm³/mol. The second-order valence-corrected chi connectivity index (χ2v) is 7.28. The van der Waals surface area contributed by atoms with Gasteiger partial charge in [-0.1, -0.05) is 67.1 Å². The molecule has 0 radical (unpaired) electrons. The van der Waals surface area contributed by atoms with E-state index in [-0.39, 0.29) is 18.9 Å². The van der Waals surface area contributed by atoms with E-state index in [1.54, 1.807) is 0 Å². The van der Waals surface area contributed by atoms with Crippen molar-refractivity contribution >= 4 is 18.0 Å². The van der Waals surface area contributed by atoms with Crippen molar-refractivity contribution in [2.75, 3.05) is 6.54 Å². The number of aryl methyl sites for hydroxylation is 1. The van der Waals surface area contributed by atoms with E-state index in [1.807, 2.05) is 60.7 Å². The summed E-state index contributed by atoms with van der Waals surface area (Å²) in [6, 6.07) is 18.1. The van der Waals surface area contributed by atoms with Gasteiger partial charge in [0.1, 0.15) is 12.6 Å². The smallest absolute Gasteiger partial charge is 0.407 e. The number of unbranched alkanes of at least 4 members (excludes halogenated alkanes) is 2. The Morgan fingerprint density at radius 3 is 2.16 bits per heavy atom. The van der Waals surface area contributed by atoms with Crippen molar-refractivity contribution in [3.05, 3.63) is 71.8 Å². The number of aliphatic carboxylic acids is 1. The number of carbonyl (C=O) groups excluding carboxylic acids is 2. The average Bonchev–Trinajstić information content (AvgIpc) is 2.78. The van der Waals surface area contributed by atoms with Crippen LogP contribution in [0.25, 0.3) is 0 Å². The van der Waals surface area contributed by atoms with Gasteiger partial charge >= 0.3 is 12.1 Å². The molecule has 7 nitrogen and oxygen atoms in total. The topological polar surface area (TPSA) is 105 Å². The number of carboxylic acids is 1. The number of benzene rings is 2. The van der Waals surface area contributed by atoms with E-state index in [2.05, 4.69) is 10.6 Å². The summed E-state index contributed by atoms with van der Waals surface area (Å²) in [7, 11) is 0. The lowest BCUT2D eigenvalue weighted by Gasteiger charge is -2.14. The normalized spacial score (nSPS) is 11.4. The van der Waals surface area contributed by atoms with Gasteiger partial charge in [-0.05, 0) is 36.8 Å². The van der Waals surface area contributed by atoms with Gasteiger partial charge in [0.25, 0.3) is 0 Å². The van der Waals surface area contributed by atoms with Crippen LogP contribution in [0.15, 0.2) is 60.7 Å². The minimum Gasteiger partial charge on any atom is -0.480 e. The molecule has 2 rings (SSSR count). The van der Waals surface area contributed by atoms with Crippen LogP contribution in [0.5, 0.6) is 0 Å². The summed E-state index contributed by atoms with van der Waals surface area (Å²) in [6.45, 7) is 0.686. The highest BCUT2D eigenvalue weighted by Crippen LogP contribution is 2.07. The molecule has 7 heteroatoms. The highest BCUT2D eigenvalue weighted by atomic mass is 16.5. The van der Waals surface area contributed by atoms with Gasteiger partial charge < -0.3 is 20.5 Å². The van der Waals surface area contributed by atoms with Gasteiger partial charge in [0, 0.05) is 13.0 Å². The Kier molecular flexibility index (Phi) is 10.6. The predicted octanol–water partition coefficient (Wildman–Crippen LogP) is 3.68. The molecule has 0 fully saturated rings. The minimum absolute atomic E-state index is 0.224. The van der Waals surface area contributed by atoms with Gasteiger partial charge in [-0.3, -0.25) is 4.79 Å². The average molecular weight is 427 g/mol. The van der Waals surface area contributed by atoms with E-state index >= 15 is 0 Å². The van der Waals surface area contributed by atoms with Crippen molar-refractivity contribution in [2.45, 2.75) is 51.2 Å². The standard InChI is InChI=1S/C24H30N2O5/c27-22(26-21(23(28)29)16-15-19-10-4-1-5-11-19)14-8-3-9-17-25-24(30)31-18-20-12-6-2-7-13-20/h1-2,4-7,10-13,21H,3,8-9,14-18H2,(H,25,30)(H,26,27)(H,28,29)/t21-/m1/s1. The first-order valence-electron chi connectivity index (χ1n) is 10.5. The fraction of sp³-hybridized carbons (Fsp3) is 0.375. The molecule has 0 unspecified atom stereocenters. The molecule has 2 aromatic rings. The van der Waals surface area contributed by atoms with Crippen molar-refractivity contribution in [2.24, 2.45) is 0 Å². The number of amides is 2. The fourth-order valence-corrected chi connectivity index (χ4v) is 3.03. The molecule has 0 heterocycles. The summed E-state index contributed by atoms with van der Waals surface area (Å²) >= 11 is 0. The molecule has 0 aromatic heterocycles. The van der Waals surface area contributed by atoms with Crippen LogP contribution in [0.3, 0.4) is 0 Å². The largest absolute Gasteiger partial charge is 0.480 e. The molecule has 0 saturated carbocycles. The van der Waals surface area contributed by atoms with Crippen molar-refractivity contribution in [1.29, 1.82) is 0 Å². The Labute approximate surface area is 182 Å². The molecule has 166 valence electrons. The van der Waals surface area contributed by atoms with Crippen molar-refractivity contribution in [3.8, 4) is 0 Å². The number of nitrogens with one attached hydrogen (secondary N) is 2. The molecule has 2 aromatic carbocycles. The van der Waals surface area contributed by atoms with Gasteiger partial charge in [0.2, 0.25) is 5.91 Å². The van der Waals surface area contributed by atoms with Crippen LogP contribution in [-0.4, -0.2) is 35.7 Å². The zero-order valence-electron chi connectivity index (χ0n) is 17.6. The number of hydrogen-bond acceptors (Lipinski definition) is 4. The summed E-state index contributed by atoms with van der Waals surface area (Å²) in [6.07, 6.45) is 2.80. The lowest BCUT2D eigenvalue weighted by molar-refractivity contribution is -0.142. The zero-order chi connectivity index (χ0) is 22.3. The number of ether oxygens (including phenoxy) is 1. The van der Waals surface area contributed by atoms with E-state index in [0.717, 1.165) is 17.5 Å². The quantitative estimate of drug-likeness (QED) is 0.424. The SMILES string of the molecule is O=C(CCCCCNC(=O)OCc1ccccc1)N[C@H](CCc1ccccc1)C(=O)O. The van der Waals surface area contributed by atoms with E-state index in [9.17, 15) is 19.5 Å². The molecule has 1 atom stereocenters. The second kappa shape index (κ2) is 13.8. The molecule has 3 N–H and O–H groups in total. The molecule has 0 bridgehead atoms. The van der Waals surface area contributed by atoms with Gasteiger partial charge in [-0.15, -0.1) is 0 Å². The first-order chi connectivity index (χ1) is 15.0. The molecular weight excluding hydrogens is 396 g/mol. The van der Waals surface area contributed by atoms with Crippen LogP contribution < -0.4 is 10.6 Å². The number of alkyl carbamates (subject to hydrolysis) is 1. The molecule has 0 aliphatic rings. The number of carboxylic acid groups (broad SMARTS) is 1. The first kappa shape index (κ1) is 23.9. The molecule has 31 heavy (non-hydrogen) atoms. The maximum absolute atomic E-state index is 12.1. The van der Waals surface area contributed by atoms with Gasteiger partial charge in [-0.2, -0.15) is 0 Å². The summed E-state index contributed by atoms with van der Waals surface area (Å²) in [5.74, 6) is -1.29. The summed E-state index contributed by atoms with van der Waals surface area (Å²) in [5.41, 5.74) is 1.96. The lowest BCUT2D eigenvalue weighted by Crippen LogP contribution is -2.41. The van der Waals surface area contributed by atoms with E-state index in [1.165, 1.54) is 0 Å². The zero-order valence-corrected chi connectivity index (χ0v) is 17.6. The molecular formula is C24H30N2O5. The van der Waals surface area contributed by atoms with Crippen LogP contribution in [-0.2, 0) is 27.4 Å². The Balaban J connectivity index is 1.54. The lowest BCUT2D eigenvalue weighted by atomic mass is 10.0. The third-order valence-corrected chi connectivity index (χ3v) is 4.76. The van der Waals surface area contributed by atoms with Gasteiger partial charge in [0.15, 0.2) is 0 Å². The van der Waals surface area contributed by atoms with Crippen LogP contribution >= 0.6 is 0 Å². The maximum Gasteiger partial charge on any atom is 0.407 e. The van der Waals surface area contributed by atoms with Crippen LogP contribution in [0.1, 0.15) is 43.2 Å².